The van der Waals surface area contributed by atoms with E-state index in [1.807, 2.05) is 0 Å². The summed E-state index contributed by atoms with van der Waals surface area (Å²) < 4.78 is 5.50. The van der Waals surface area contributed by atoms with Gasteiger partial charge in [0.1, 0.15) is 11.6 Å². The van der Waals surface area contributed by atoms with Crippen molar-refractivity contribution in [3.63, 3.8) is 0 Å². The van der Waals surface area contributed by atoms with Gasteiger partial charge in [0.25, 0.3) is 0 Å². The van der Waals surface area contributed by atoms with Crippen LogP contribution >= 0.6 is 0 Å². The summed E-state index contributed by atoms with van der Waals surface area (Å²) in [6.07, 6.45) is 5.78. The Morgan fingerprint density at radius 3 is 2.44 bits per heavy atom. The first-order valence-corrected chi connectivity index (χ1v) is 12.8. The van der Waals surface area contributed by atoms with E-state index >= 15 is 0 Å². The van der Waals surface area contributed by atoms with E-state index in [1.54, 1.807) is 7.11 Å². The molecule has 0 amide bonds. The highest BCUT2D eigenvalue weighted by Crippen LogP contribution is 2.47. The van der Waals surface area contributed by atoms with E-state index in [-0.39, 0.29) is 11.5 Å². The van der Waals surface area contributed by atoms with Gasteiger partial charge in [0.15, 0.2) is 0 Å². The van der Waals surface area contributed by atoms with Crippen molar-refractivity contribution >= 4 is 22.4 Å². The van der Waals surface area contributed by atoms with Crippen molar-refractivity contribution in [3.8, 4) is 0 Å². The number of para-hydroxylation sites is 1. The molecule has 3 heterocycles. The molecule has 3 fully saturated rings. The first kappa shape index (κ1) is 21.8. The van der Waals surface area contributed by atoms with Gasteiger partial charge in [-0.2, -0.15) is 0 Å². The average molecular weight is 456 g/mol. The van der Waals surface area contributed by atoms with E-state index in [0.29, 0.717) is 5.92 Å². The SMILES string of the molecule is [CH2]C(OC)c1ccc2nc(C3(C)CC3)nc(N3CCC(c4ccccc4N4CCC4)CC3)c2c1. The lowest BCUT2D eigenvalue weighted by molar-refractivity contribution is 0.140. The monoisotopic (exact) mass is 455 g/mol. The molecule has 5 nitrogen and oxygen atoms in total. The Morgan fingerprint density at radius 2 is 1.76 bits per heavy atom. The minimum Gasteiger partial charge on any atom is -0.377 e. The summed E-state index contributed by atoms with van der Waals surface area (Å²) >= 11 is 0. The lowest BCUT2D eigenvalue weighted by atomic mass is 9.87. The number of hydrogen-bond donors (Lipinski definition) is 0. The van der Waals surface area contributed by atoms with Gasteiger partial charge in [0.05, 0.1) is 11.6 Å². The van der Waals surface area contributed by atoms with Gasteiger partial charge in [0.2, 0.25) is 0 Å². The lowest BCUT2D eigenvalue weighted by Crippen LogP contribution is -2.39. The largest absolute Gasteiger partial charge is 0.377 e. The Bertz CT molecular complexity index is 1190. The Hall–Kier alpha value is -2.66. The standard InChI is InChI=1S/C29H35N4O/c1-20(34-3)22-9-10-25-24(19-22)27(31-28(30-25)29(2)13-14-29)33-17-11-21(12-18-33)23-7-4-5-8-26(23)32-15-6-16-32/h4-5,7-10,19-21H,1,6,11-18H2,2-3H3. The third kappa shape index (κ3) is 3.84. The summed E-state index contributed by atoms with van der Waals surface area (Å²) in [5, 5.41) is 1.12. The van der Waals surface area contributed by atoms with Crippen molar-refractivity contribution in [1.29, 1.82) is 0 Å². The van der Waals surface area contributed by atoms with Gasteiger partial charge in [-0.15, -0.1) is 0 Å². The molecule has 0 spiro atoms. The molecule has 1 atom stereocenters. The molecule has 3 aromatic rings. The highest BCUT2D eigenvalue weighted by Gasteiger charge is 2.43. The molecular formula is C29H35N4O. The number of fused-ring (bicyclic) bond motifs is 1. The maximum absolute atomic E-state index is 5.50. The van der Waals surface area contributed by atoms with Crippen LogP contribution in [0.25, 0.3) is 10.9 Å². The number of hydrogen-bond acceptors (Lipinski definition) is 5. The van der Waals surface area contributed by atoms with Gasteiger partial charge in [-0.3, -0.25) is 0 Å². The van der Waals surface area contributed by atoms with Crippen LogP contribution in [-0.4, -0.2) is 43.3 Å². The number of nitrogens with zero attached hydrogens (tertiary/aromatic N) is 4. The molecule has 1 aliphatic carbocycles. The van der Waals surface area contributed by atoms with Crippen molar-refractivity contribution in [1.82, 2.24) is 9.97 Å². The topological polar surface area (TPSA) is 41.5 Å². The maximum atomic E-state index is 5.50. The van der Waals surface area contributed by atoms with E-state index in [1.165, 1.54) is 43.6 Å². The highest BCUT2D eigenvalue weighted by molar-refractivity contribution is 5.90. The predicted octanol–water partition coefficient (Wildman–Crippen LogP) is 5.80. The minimum absolute atomic E-state index is 0.136. The summed E-state index contributed by atoms with van der Waals surface area (Å²) in [6.45, 7) is 10.9. The second-order valence-electron chi connectivity index (χ2n) is 10.6. The van der Waals surface area contributed by atoms with Crippen LogP contribution in [0.15, 0.2) is 42.5 Å². The fourth-order valence-electron chi connectivity index (χ4n) is 5.47. The zero-order valence-electron chi connectivity index (χ0n) is 20.5. The molecule has 2 aromatic carbocycles. The van der Waals surface area contributed by atoms with Crippen LogP contribution in [0.5, 0.6) is 0 Å². The average Bonchev–Trinajstić information content (AvgIpc) is 3.60. The third-order valence-corrected chi connectivity index (χ3v) is 8.26. The number of anilines is 2. The molecular weight excluding hydrogens is 420 g/mol. The quantitative estimate of drug-likeness (QED) is 0.470. The minimum atomic E-state index is -0.193. The molecule has 1 radical (unpaired) electrons. The van der Waals surface area contributed by atoms with Crippen molar-refractivity contribution < 1.29 is 4.74 Å². The van der Waals surface area contributed by atoms with E-state index in [9.17, 15) is 0 Å². The fourth-order valence-corrected chi connectivity index (χ4v) is 5.47. The molecule has 1 unspecified atom stereocenters. The molecule has 2 saturated heterocycles. The van der Waals surface area contributed by atoms with Gasteiger partial charge in [0, 0.05) is 49.8 Å². The van der Waals surface area contributed by atoms with E-state index < -0.39 is 0 Å². The Labute approximate surface area is 203 Å². The Balaban J connectivity index is 1.31. The van der Waals surface area contributed by atoms with Crippen molar-refractivity contribution in [2.24, 2.45) is 0 Å². The zero-order valence-corrected chi connectivity index (χ0v) is 20.5. The van der Waals surface area contributed by atoms with Crippen LogP contribution in [0.3, 0.4) is 0 Å². The van der Waals surface area contributed by atoms with Crippen LogP contribution in [0.2, 0.25) is 0 Å². The van der Waals surface area contributed by atoms with E-state index in [2.05, 4.69) is 66.1 Å². The van der Waals surface area contributed by atoms with E-state index in [4.69, 9.17) is 14.7 Å². The Kier molecular flexibility index (Phi) is 5.48. The van der Waals surface area contributed by atoms with Crippen molar-refractivity contribution in [3.05, 3.63) is 66.3 Å². The molecule has 5 heteroatoms. The van der Waals surface area contributed by atoms with Crippen LogP contribution in [0, 0.1) is 6.92 Å². The van der Waals surface area contributed by atoms with Gasteiger partial charge in [-0.25, -0.2) is 9.97 Å². The molecule has 3 aliphatic rings. The third-order valence-electron chi connectivity index (χ3n) is 8.26. The van der Waals surface area contributed by atoms with Gasteiger partial charge in [-0.1, -0.05) is 31.2 Å². The maximum Gasteiger partial charge on any atom is 0.140 e. The molecule has 2 aliphatic heterocycles. The smallest absolute Gasteiger partial charge is 0.140 e. The highest BCUT2D eigenvalue weighted by atomic mass is 16.5. The predicted molar refractivity (Wildman–Crippen MR) is 139 cm³/mol. The van der Waals surface area contributed by atoms with Crippen LogP contribution in [-0.2, 0) is 10.2 Å². The molecule has 1 aromatic heterocycles. The number of aromatic nitrogens is 2. The number of piperidine rings is 1. The molecule has 1 saturated carbocycles. The summed E-state index contributed by atoms with van der Waals surface area (Å²) in [6, 6.07) is 15.5. The number of rotatable bonds is 6. The summed E-state index contributed by atoms with van der Waals surface area (Å²) in [5.41, 5.74) is 5.23. The second kappa shape index (κ2) is 8.53. The van der Waals surface area contributed by atoms with Crippen LogP contribution in [0.1, 0.15) is 68.0 Å². The zero-order chi connectivity index (χ0) is 23.3. The molecule has 6 rings (SSSR count). The van der Waals surface area contributed by atoms with Crippen LogP contribution in [0.4, 0.5) is 11.5 Å². The van der Waals surface area contributed by atoms with Gasteiger partial charge in [-0.05, 0) is 74.3 Å². The van der Waals surface area contributed by atoms with Crippen LogP contribution < -0.4 is 9.80 Å². The Morgan fingerprint density at radius 1 is 1.00 bits per heavy atom. The summed E-state index contributed by atoms with van der Waals surface area (Å²) in [5.74, 6) is 2.70. The second-order valence-corrected chi connectivity index (χ2v) is 10.6. The van der Waals surface area contributed by atoms with Crippen molar-refractivity contribution in [2.75, 3.05) is 43.1 Å². The van der Waals surface area contributed by atoms with E-state index in [0.717, 1.165) is 54.0 Å². The normalized spacial score (nSPS) is 20.9. The first-order valence-electron chi connectivity index (χ1n) is 12.8. The molecule has 0 bridgehead atoms. The van der Waals surface area contributed by atoms with Gasteiger partial charge < -0.3 is 14.5 Å². The number of ether oxygens (including phenoxy) is 1. The first-order chi connectivity index (χ1) is 16.6. The number of benzene rings is 2. The molecule has 177 valence electrons. The molecule has 0 N–H and O–H groups in total. The molecule has 34 heavy (non-hydrogen) atoms. The van der Waals surface area contributed by atoms with Crippen molar-refractivity contribution in [2.45, 2.75) is 56.5 Å². The summed E-state index contributed by atoms with van der Waals surface area (Å²) in [4.78, 5) is 15.2. The number of methoxy groups -OCH3 is 1. The fraction of sp³-hybridized carbons (Fsp3) is 0.483. The summed E-state index contributed by atoms with van der Waals surface area (Å²) in [7, 11) is 1.71. The lowest BCUT2D eigenvalue weighted by Gasteiger charge is -2.39. The van der Waals surface area contributed by atoms with Gasteiger partial charge >= 0.3 is 0 Å².